The van der Waals surface area contributed by atoms with Crippen molar-refractivity contribution in [3.8, 4) is 0 Å². The summed E-state index contributed by atoms with van der Waals surface area (Å²) in [5.41, 5.74) is 12.0. The molecular formula is C21H28N6O7. The summed E-state index contributed by atoms with van der Waals surface area (Å²) in [5, 5.41) is 26.4. The minimum absolute atomic E-state index is 0.0127. The standard InChI is InChI=1S/C21H28N6O7/c1-10(21(33)34)25-19(31)15(6-11-8-24-14-5-3-2-4-12(11)14)26-20(32)16(9-28)27-18(30)13(22)7-17(23)29/h2-5,8,10,13,15-16,24,28H,6-7,9,22H2,1H3,(H2,23,29)(H,25,31)(H,26,32)(H,27,30)(H,33,34). The number of primary amides is 1. The molecule has 0 bridgehead atoms. The number of carboxylic acids is 1. The van der Waals surface area contributed by atoms with Crippen molar-refractivity contribution in [3.05, 3.63) is 36.0 Å². The van der Waals surface area contributed by atoms with Crippen LogP contribution in [-0.4, -0.2) is 75.6 Å². The lowest BCUT2D eigenvalue weighted by Gasteiger charge is -2.23. The van der Waals surface area contributed by atoms with Crippen LogP contribution >= 0.6 is 0 Å². The molecule has 4 unspecified atom stereocenters. The average Bonchev–Trinajstić information content (AvgIpc) is 3.18. The van der Waals surface area contributed by atoms with Gasteiger partial charge in [-0.2, -0.15) is 0 Å². The number of rotatable bonds is 12. The zero-order valence-electron chi connectivity index (χ0n) is 18.4. The van der Waals surface area contributed by atoms with Gasteiger partial charge in [0, 0.05) is 23.5 Å². The van der Waals surface area contributed by atoms with Crippen LogP contribution < -0.4 is 27.4 Å². The summed E-state index contributed by atoms with van der Waals surface area (Å²) < 4.78 is 0. The normalized spacial score (nSPS) is 14.4. The summed E-state index contributed by atoms with van der Waals surface area (Å²) in [7, 11) is 0. The Morgan fingerprint density at radius 3 is 2.24 bits per heavy atom. The second kappa shape index (κ2) is 11.8. The molecule has 4 amide bonds. The Hall–Kier alpha value is -3.97. The first-order valence-electron chi connectivity index (χ1n) is 10.4. The molecule has 1 aromatic heterocycles. The van der Waals surface area contributed by atoms with Crippen LogP contribution in [0, 0.1) is 0 Å². The second-order valence-electron chi connectivity index (χ2n) is 7.71. The van der Waals surface area contributed by atoms with E-state index in [-0.39, 0.29) is 6.42 Å². The largest absolute Gasteiger partial charge is 0.480 e. The Morgan fingerprint density at radius 2 is 1.62 bits per heavy atom. The second-order valence-corrected chi connectivity index (χ2v) is 7.71. The fourth-order valence-electron chi connectivity index (χ4n) is 3.16. The number of carbonyl (C=O) groups excluding carboxylic acids is 4. The van der Waals surface area contributed by atoms with Crippen molar-refractivity contribution < 1.29 is 34.2 Å². The number of aliphatic carboxylic acids is 1. The predicted molar refractivity (Wildman–Crippen MR) is 120 cm³/mol. The molecule has 0 fully saturated rings. The molecule has 0 saturated carbocycles. The Labute approximate surface area is 194 Å². The highest BCUT2D eigenvalue weighted by atomic mass is 16.4. The molecule has 2 aromatic rings. The lowest BCUT2D eigenvalue weighted by Crippen LogP contribution is -2.58. The Morgan fingerprint density at radius 1 is 1.00 bits per heavy atom. The highest BCUT2D eigenvalue weighted by molar-refractivity contribution is 5.95. The maximum atomic E-state index is 12.8. The Bertz CT molecular complexity index is 1070. The number of amides is 4. The molecule has 0 spiro atoms. The van der Waals surface area contributed by atoms with E-state index in [0.29, 0.717) is 5.56 Å². The summed E-state index contributed by atoms with van der Waals surface area (Å²) >= 11 is 0. The smallest absolute Gasteiger partial charge is 0.325 e. The number of carboxylic acid groups (broad SMARTS) is 1. The van der Waals surface area contributed by atoms with Gasteiger partial charge in [0.15, 0.2) is 0 Å². The van der Waals surface area contributed by atoms with E-state index in [0.717, 1.165) is 10.9 Å². The van der Waals surface area contributed by atoms with E-state index in [1.807, 2.05) is 18.2 Å². The van der Waals surface area contributed by atoms with E-state index in [2.05, 4.69) is 20.9 Å². The van der Waals surface area contributed by atoms with Crippen LogP contribution in [0.5, 0.6) is 0 Å². The molecule has 0 radical (unpaired) electrons. The number of nitrogens with two attached hydrogens (primary N) is 2. The van der Waals surface area contributed by atoms with Gasteiger partial charge in [0.1, 0.15) is 18.1 Å². The van der Waals surface area contributed by atoms with E-state index >= 15 is 0 Å². The highest BCUT2D eigenvalue weighted by Gasteiger charge is 2.30. The number of carbonyl (C=O) groups is 5. The molecule has 13 heteroatoms. The molecular weight excluding hydrogens is 448 g/mol. The highest BCUT2D eigenvalue weighted by Crippen LogP contribution is 2.19. The van der Waals surface area contributed by atoms with Crippen LogP contribution in [-0.2, 0) is 30.4 Å². The van der Waals surface area contributed by atoms with Gasteiger partial charge in [-0.3, -0.25) is 24.0 Å². The molecule has 0 saturated heterocycles. The van der Waals surface area contributed by atoms with Crippen LogP contribution in [0.1, 0.15) is 18.9 Å². The van der Waals surface area contributed by atoms with Crippen molar-refractivity contribution in [2.45, 2.75) is 43.9 Å². The van der Waals surface area contributed by atoms with Gasteiger partial charge in [-0.15, -0.1) is 0 Å². The molecule has 0 aliphatic rings. The minimum Gasteiger partial charge on any atom is -0.480 e. The fourth-order valence-corrected chi connectivity index (χ4v) is 3.16. The molecule has 0 aliphatic heterocycles. The number of nitrogens with one attached hydrogen (secondary N) is 4. The number of para-hydroxylation sites is 1. The molecule has 4 atom stereocenters. The van der Waals surface area contributed by atoms with Crippen molar-refractivity contribution in [1.82, 2.24) is 20.9 Å². The monoisotopic (exact) mass is 476 g/mol. The van der Waals surface area contributed by atoms with Crippen molar-refractivity contribution in [1.29, 1.82) is 0 Å². The van der Waals surface area contributed by atoms with Crippen molar-refractivity contribution in [3.63, 3.8) is 0 Å². The Balaban J connectivity index is 2.20. The number of fused-ring (bicyclic) bond motifs is 1. The average molecular weight is 476 g/mol. The number of hydrogen-bond acceptors (Lipinski definition) is 7. The van der Waals surface area contributed by atoms with Gasteiger partial charge < -0.3 is 42.6 Å². The van der Waals surface area contributed by atoms with E-state index in [9.17, 15) is 29.1 Å². The zero-order chi connectivity index (χ0) is 25.4. The van der Waals surface area contributed by atoms with Gasteiger partial charge in [0.2, 0.25) is 23.6 Å². The molecule has 2 rings (SSSR count). The molecule has 1 heterocycles. The van der Waals surface area contributed by atoms with Crippen LogP contribution in [0.25, 0.3) is 10.9 Å². The molecule has 1 aromatic carbocycles. The third-order valence-electron chi connectivity index (χ3n) is 5.03. The van der Waals surface area contributed by atoms with Gasteiger partial charge in [-0.1, -0.05) is 18.2 Å². The number of aromatic nitrogens is 1. The van der Waals surface area contributed by atoms with Gasteiger partial charge >= 0.3 is 5.97 Å². The quantitative estimate of drug-likeness (QED) is 0.162. The zero-order valence-corrected chi connectivity index (χ0v) is 18.4. The summed E-state index contributed by atoms with van der Waals surface area (Å²) in [6.07, 6.45) is 1.18. The number of aliphatic hydroxyl groups is 1. The minimum atomic E-state index is -1.48. The van der Waals surface area contributed by atoms with Crippen molar-refractivity contribution in [2.75, 3.05) is 6.61 Å². The fraction of sp³-hybridized carbons (Fsp3) is 0.381. The van der Waals surface area contributed by atoms with Gasteiger partial charge in [0.05, 0.1) is 19.1 Å². The summed E-state index contributed by atoms with van der Waals surface area (Å²) in [6, 6.07) is 1.98. The lowest BCUT2D eigenvalue weighted by atomic mass is 10.0. The van der Waals surface area contributed by atoms with Crippen LogP contribution in [0.15, 0.2) is 30.5 Å². The van der Waals surface area contributed by atoms with E-state index < -0.39 is 66.8 Å². The van der Waals surface area contributed by atoms with Gasteiger partial charge in [-0.25, -0.2) is 0 Å². The number of aromatic amines is 1. The molecule has 10 N–H and O–H groups in total. The van der Waals surface area contributed by atoms with Crippen LogP contribution in [0.3, 0.4) is 0 Å². The first kappa shape index (κ1) is 26.3. The molecule has 34 heavy (non-hydrogen) atoms. The van der Waals surface area contributed by atoms with Crippen LogP contribution in [0.4, 0.5) is 0 Å². The first-order chi connectivity index (χ1) is 16.0. The number of benzene rings is 1. The maximum absolute atomic E-state index is 12.8. The molecule has 13 nitrogen and oxygen atoms in total. The van der Waals surface area contributed by atoms with E-state index in [1.54, 1.807) is 12.3 Å². The summed E-state index contributed by atoms with van der Waals surface area (Å²) in [4.78, 5) is 62.8. The number of aliphatic hydroxyl groups excluding tert-OH is 1. The van der Waals surface area contributed by atoms with Crippen LogP contribution in [0.2, 0.25) is 0 Å². The number of H-pyrrole nitrogens is 1. The first-order valence-corrected chi connectivity index (χ1v) is 10.4. The van der Waals surface area contributed by atoms with Gasteiger partial charge in [-0.05, 0) is 18.6 Å². The van der Waals surface area contributed by atoms with E-state index in [1.165, 1.54) is 6.92 Å². The lowest BCUT2D eigenvalue weighted by molar-refractivity contribution is -0.141. The van der Waals surface area contributed by atoms with E-state index in [4.69, 9.17) is 16.6 Å². The molecule has 0 aliphatic carbocycles. The number of hydrogen-bond donors (Lipinski definition) is 8. The third kappa shape index (κ3) is 7.02. The topological polar surface area (TPSA) is 230 Å². The third-order valence-corrected chi connectivity index (χ3v) is 5.03. The maximum Gasteiger partial charge on any atom is 0.325 e. The predicted octanol–water partition coefficient (Wildman–Crippen LogP) is -2.54. The summed E-state index contributed by atoms with van der Waals surface area (Å²) in [6.45, 7) is 0.440. The summed E-state index contributed by atoms with van der Waals surface area (Å²) in [5.74, 6) is -4.68. The SMILES string of the molecule is CC(NC(=O)C(Cc1c[nH]c2ccccc12)NC(=O)C(CO)NC(=O)C(N)CC(N)=O)C(=O)O. The van der Waals surface area contributed by atoms with Gasteiger partial charge in [0.25, 0.3) is 0 Å². The van der Waals surface area contributed by atoms with Crippen molar-refractivity contribution >= 4 is 40.5 Å². The molecule has 184 valence electrons. The van der Waals surface area contributed by atoms with Crippen molar-refractivity contribution in [2.24, 2.45) is 11.5 Å². The Kier molecular flexibility index (Phi) is 9.10.